The molecule has 2 aromatic heterocycles. The molecular weight excluding hydrogens is 765 g/mol. The van der Waals surface area contributed by atoms with Crippen LogP contribution in [0.15, 0.2) is 192 Å². The molecule has 1 spiro atoms. The lowest BCUT2D eigenvalue weighted by atomic mass is 9.67. The van der Waals surface area contributed by atoms with Gasteiger partial charge in [-0.15, -0.1) is 0 Å². The molecule has 0 unspecified atom stereocenters. The van der Waals surface area contributed by atoms with Crippen LogP contribution in [0.2, 0.25) is 0 Å². The molecule has 1 aliphatic heterocycles. The number of nitrogens with zero attached hydrogens (tertiary/aromatic N) is 6. The van der Waals surface area contributed by atoms with Crippen LogP contribution < -0.4 is 0 Å². The average Bonchev–Trinajstić information content (AvgIpc) is 3.82. The number of benzene rings is 8. The van der Waals surface area contributed by atoms with Gasteiger partial charge in [-0.1, -0.05) is 163 Å². The van der Waals surface area contributed by atoms with E-state index >= 15 is 0 Å². The Morgan fingerprint density at radius 2 is 1.11 bits per heavy atom. The Morgan fingerprint density at radius 3 is 1.77 bits per heavy atom. The fraction of sp³-hybridized carbons (Fsp3) is 0.0185. The quantitative estimate of drug-likeness (QED) is 0.166. The first-order valence-electron chi connectivity index (χ1n) is 20.0. The smallest absolute Gasteiger partial charge is 0.201 e. The molecule has 12 rings (SSSR count). The third kappa shape index (κ3) is 4.99. The topological polar surface area (TPSA) is 71.8 Å². The Bertz CT molecular complexity index is 3400. The lowest BCUT2D eigenvalue weighted by Crippen LogP contribution is -2.31. The largest absolute Gasteiger partial charge is 0.310 e. The second-order valence-electron chi connectivity index (χ2n) is 15.3. The summed E-state index contributed by atoms with van der Waals surface area (Å²) in [6.45, 7) is 8.61. The predicted molar refractivity (Wildman–Crippen MR) is 243 cm³/mol. The van der Waals surface area contributed by atoms with Gasteiger partial charge in [0.15, 0.2) is 17.5 Å². The third-order valence-electron chi connectivity index (χ3n) is 12.2. The van der Waals surface area contributed by atoms with Crippen molar-refractivity contribution >= 4 is 39.3 Å². The number of nitriles is 1. The minimum Gasteiger partial charge on any atom is -0.310 e. The Labute approximate surface area is 355 Å². The molecule has 1 aliphatic carbocycles. The molecule has 8 aromatic carbocycles. The highest BCUT2D eigenvalue weighted by atomic mass is 32.2. The normalized spacial score (nSPS) is 13.0. The minimum atomic E-state index is -0.561. The first kappa shape index (κ1) is 34.9. The van der Waals surface area contributed by atoms with Crippen molar-refractivity contribution in [3.63, 3.8) is 0 Å². The first-order valence-corrected chi connectivity index (χ1v) is 20.9. The molecule has 2 aliphatic rings. The van der Waals surface area contributed by atoms with Crippen LogP contribution in [0.5, 0.6) is 0 Å². The van der Waals surface area contributed by atoms with Crippen molar-refractivity contribution in [2.24, 2.45) is 0 Å². The summed E-state index contributed by atoms with van der Waals surface area (Å²) in [7, 11) is 0. The van der Waals surface area contributed by atoms with E-state index in [1.165, 1.54) is 37.6 Å². The molecule has 10 aromatic rings. The molecule has 0 saturated heterocycles. The van der Waals surface area contributed by atoms with Crippen LogP contribution in [0.25, 0.3) is 77.6 Å². The van der Waals surface area contributed by atoms with E-state index in [9.17, 15) is 5.26 Å². The van der Waals surface area contributed by atoms with Crippen molar-refractivity contribution in [2.75, 3.05) is 0 Å². The lowest BCUT2D eigenvalue weighted by molar-refractivity contribution is 0.723. The van der Waals surface area contributed by atoms with Gasteiger partial charge < -0.3 is 4.57 Å². The van der Waals surface area contributed by atoms with Gasteiger partial charge in [0.1, 0.15) is 0 Å². The molecule has 0 bridgehead atoms. The number of para-hydroxylation sites is 1. The maximum atomic E-state index is 11.0. The van der Waals surface area contributed by atoms with Gasteiger partial charge in [0.05, 0.1) is 34.7 Å². The maximum absolute atomic E-state index is 11.0. The summed E-state index contributed by atoms with van der Waals surface area (Å²) in [5, 5.41) is 13.2. The zero-order chi connectivity index (χ0) is 40.7. The summed E-state index contributed by atoms with van der Waals surface area (Å²) < 4.78 is 2.26. The zero-order valence-corrected chi connectivity index (χ0v) is 33.2. The van der Waals surface area contributed by atoms with Crippen LogP contribution >= 0.6 is 11.8 Å². The van der Waals surface area contributed by atoms with Gasteiger partial charge in [-0.25, -0.2) is 19.8 Å². The van der Waals surface area contributed by atoms with Crippen molar-refractivity contribution < 1.29 is 0 Å². The summed E-state index contributed by atoms with van der Waals surface area (Å²) in [5.41, 5.74) is 12.0. The van der Waals surface area contributed by atoms with Gasteiger partial charge in [-0.05, 0) is 58.1 Å². The summed E-state index contributed by atoms with van der Waals surface area (Å²) in [4.78, 5) is 21.3. The van der Waals surface area contributed by atoms with Crippen molar-refractivity contribution in [2.45, 2.75) is 15.2 Å². The summed E-state index contributed by atoms with van der Waals surface area (Å²) in [6, 6.07) is 65.1. The molecule has 0 atom stereocenters. The number of hydrogen-bond donors (Lipinski definition) is 0. The highest BCUT2D eigenvalue weighted by Crippen LogP contribution is 2.63. The van der Waals surface area contributed by atoms with Crippen LogP contribution in [0.1, 0.15) is 27.8 Å². The fourth-order valence-corrected chi connectivity index (χ4v) is 10.9. The van der Waals surface area contributed by atoms with Crippen LogP contribution in [-0.4, -0.2) is 19.5 Å². The lowest BCUT2D eigenvalue weighted by Gasteiger charge is -2.39. The highest BCUT2D eigenvalue weighted by Gasteiger charge is 2.51. The van der Waals surface area contributed by atoms with Gasteiger partial charge in [-0.2, -0.15) is 5.26 Å². The maximum Gasteiger partial charge on any atom is 0.201 e. The SMILES string of the molecule is [C-]#[N+]c1cc(-n2c3ccccc3c3ccc4c(c32)-c2ccccc2C42c3ccccc3Sc3ccccc32)cc(C#N)c1-c1nc(-c2ccccc2)nc(-c2ccccc2)n1. The summed E-state index contributed by atoms with van der Waals surface area (Å²) >= 11 is 1.83. The summed E-state index contributed by atoms with van der Waals surface area (Å²) in [5.74, 6) is 1.19. The van der Waals surface area contributed by atoms with E-state index in [1.54, 1.807) is 0 Å². The van der Waals surface area contributed by atoms with Gasteiger partial charge in [0.25, 0.3) is 0 Å². The highest BCUT2D eigenvalue weighted by molar-refractivity contribution is 7.99. The van der Waals surface area contributed by atoms with E-state index in [0.29, 0.717) is 28.5 Å². The standard InChI is InChI=1S/C54H30N6S/c1-56-44-31-36(30-35(32-55)48(44)53-58-51(33-16-4-2-5-17-33)57-52(59-53)34-18-6-3-7-19-34)60-45-25-13-9-20-37(45)38-28-29-43-49(50(38)60)39-21-8-10-22-40(39)54(43)41-23-11-14-26-46(41)61-47-27-15-12-24-42(47)54/h2-31H. The molecule has 0 N–H and O–H groups in total. The summed E-state index contributed by atoms with van der Waals surface area (Å²) in [6.07, 6.45) is 0. The van der Waals surface area contributed by atoms with Crippen LogP contribution in [0, 0.1) is 17.9 Å². The molecule has 61 heavy (non-hydrogen) atoms. The number of hydrogen-bond acceptors (Lipinski definition) is 5. The number of aromatic nitrogens is 4. The van der Waals surface area contributed by atoms with Crippen LogP contribution in [0.4, 0.5) is 5.69 Å². The Morgan fingerprint density at radius 1 is 0.541 bits per heavy atom. The van der Waals surface area contributed by atoms with Crippen LogP contribution in [0.3, 0.4) is 0 Å². The molecule has 6 nitrogen and oxygen atoms in total. The monoisotopic (exact) mass is 794 g/mol. The molecular formula is C54H30N6S. The molecule has 0 fully saturated rings. The van der Waals surface area contributed by atoms with E-state index in [0.717, 1.165) is 38.5 Å². The Balaban J connectivity index is 1.16. The second-order valence-corrected chi connectivity index (χ2v) is 16.4. The zero-order valence-electron chi connectivity index (χ0n) is 32.4. The molecule has 0 radical (unpaired) electrons. The van der Waals surface area contributed by atoms with E-state index < -0.39 is 5.41 Å². The van der Waals surface area contributed by atoms with Crippen molar-refractivity contribution in [3.05, 3.63) is 221 Å². The fourth-order valence-electron chi connectivity index (χ4n) is 9.73. The Kier molecular flexibility index (Phi) is 7.71. The molecule has 3 heterocycles. The third-order valence-corrected chi connectivity index (χ3v) is 13.3. The molecule has 0 saturated carbocycles. The molecule has 282 valence electrons. The molecule has 0 amide bonds. The van der Waals surface area contributed by atoms with Gasteiger partial charge in [-0.3, -0.25) is 0 Å². The average molecular weight is 795 g/mol. The van der Waals surface area contributed by atoms with Crippen molar-refractivity contribution in [1.29, 1.82) is 5.26 Å². The van der Waals surface area contributed by atoms with E-state index in [-0.39, 0.29) is 11.5 Å². The Hall–Kier alpha value is -8.10. The van der Waals surface area contributed by atoms with Crippen molar-refractivity contribution in [1.82, 2.24) is 19.5 Å². The first-order chi connectivity index (χ1) is 30.2. The van der Waals surface area contributed by atoms with Crippen molar-refractivity contribution in [3.8, 4) is 57.0 Å². The van der Waals surface area contributed by atoms with E-state index in [1.807, 2.05) is 84.6 Å². The molecule has 7 heteroatoms. The minimum absolute atomic E-state index is 0.272. The van der Waals surface area contributed by atoms with Gasteiger partial charge in [0.2, 0.25) is 5.69 Å². The van der Waals surface area contributed by atoms with Crippen LogP contribution in [-0.2, 0) is 5.41 Å². The number of rotatable bonds is 4. The number of fused-ring (bicyclic) bond motifs is 13. The van der Waals surface area contributed by atoms with E-state index in [2.05, 4.69) is 125 Å². The van der Waals surface area contributed by atoms with E-state index in [4.69, 9.17) is 21.5 Å². The van der Waals surface area contributed by atoms with Gasteiger partial charge >= 0.3 is 0 Å². The predicted octanol–water partition coefficient (Wildman–Crippen LogP) is 13.2. The second kappa shape index (κ2) is 13.5. The van der Waals surface area contributed by atoms with Gasteiger partial charge in [0, 0.05) is 48.5 Å².